The molecular weight excluding hydrogens is 768 g/mol. The third kappa shape index (κ3) is 12.4. The van der Waals surface area contributed by atoms with Crippen molar-refractivity contribution in [1.82, 2.24) is 0 Å². The van der Waals surface area contributed by atoms with Crippen LogP contribution in [0.4, 0.5) is 0 Å². The van der Waals surface area contributed by atoms with Gasteiger partial charge >= 0.3 is 5.97 Å². The largest absolute Gasteiger partial charge is 0.492 e. The maximum atomic E-state index is 11.3. The van der Waals surface area contributed by atoms with Gasteiger partial charge in [0.1, 0.15) is 5.75 Å². The summed E-state index contributed by atoms with van der Waals surface area (Å²) < 4.78 is 44.7. The predicted molar refractivity (Wildman–Crippen MR) is 240 cm³/mol. The summed E-state index contributed by atoms with van der Waals surface area (Å²) in [6, 6.07) is 17.2. The number of unbranched alkanes of at least 4 members (excludes halogenated alkanes) is 6. The van der Waals surface area contributed by atoms with Gasteiger partial charge in [-0.1, -0.05) is 78.3 Å². The van der Waals surface area contributed by atoms with E-state index in [0.29, 0.717) is 76.3 Å². The van der Waals surface area contributed by atoms with Crippen LogP contribution in [-0.2, 0) is 0 Å². The van der Waals surface area contributed by atoms with Gasteiger partial charge in [0.05, 0.1) is 56.8 Å². The number of carbonyl (C=O) groups is 1. The molecule has 0 aliphatic carbocycles. The number of carboxylic acid groups (broad SMARTS) is 1. The Balaban J connectivity index is 1.59. The van der Waals surface area contributed by atoms with Gasteiger partial charge in [-0.3, -0.25) is 0 Å². The molecule has 0 atom stereocenters. The van der Waals surface area contributed by atoms with Crippen molar-refractivity contribution < 1.29 is 43.1 Å². The Bertz CT molecular complexity index is 2070. The molecule has 0 aliphatic rings. The number of hydrogen-bond acceptors (Lipinski definition) is 8. The van der Waals surface area contributed by atoms with Crippen LogP contribution in [-0.4, -0.2) is 57.3 Å². The van der Waals surface area contributed by atoms with Crippen molar-refractivity contribution in [2.75, 3.05) is 46.2 Å². The third-order valence-electron chi connectivity index (χ3n) is 10.1. The fourth-order valence-corrected chi connectivity index (χ4v) is 6.88. The number of fused-ring (bicyclic) bond motifs is 6. The highest BCUT2D eigenvalue weighted by Gasteiger charge is 2.21. The van der Waals surface area contributed by atoms with Gasteiger partial charge in [-0.2, -0.15) is 0 Å². The first-order chi connectivity index (χ1) is 28.8. The van der Waals surface area contributed by atoms with Gasteiger partial charge in [0.25, 0.3) is 0 Å². The summed E-state index contributed by atoms with van der Waals surface area (Å²) in [6.07, 6.45) is 11.2. The molecule has 9 nitrogen and oxygen atoms in total. The van der Waals surface area contributed by atoms with Gasteiger partial charge in [0, 0.05) is 0 Å². The second-order valence-electron chi connectivity index (χ2n) is 14.9. The summed E-state index contributed by atoms with van der Waals surface area (Å²) >= 11 is 6.28. The molecule has 0 fully saturated rings. The van der Waals surface area contributed by atoms with Crippen LogP contribution in [0.15, 0.2) is 54.6 Å². The minimum atomic E-state index is -1.03. The molecule has 0 bridgehead atoms. The molecule has 0 spiro atoms. The van der Waals surface area contributed by atoms with E-state index in [9.17, 15) is 9.90 Å². The lowest BCUT2D eigenvalue weighted by atomic mass is 9.93. The summed E-state index contributed by atoms with van der Waals surface area (Å²) in [4.78, 5) is 11.3. The Hall–Kier alpha value is -4.76. The van der Waals surface area contributed by atoms with Gasteiger partial charge in [-0.05, 0) is 132 Å². The van der Waals surface area contributed by atoms with E-state index < -0.39 is 5.97 Å². The van der Waals surface area contributed by atoms with Gasteiger partial charge in [-0.25, -0.2) is 4.79 Å². The summed E-state index contributed by atoms with van der Waals surface area (Å²) in [6.45, 7) is 14.6. The molecule has 0 aromatic heterocycles. The number of rotatable bonds is 28. The zero-order valence-corrected chi connectivity index (χ0v) is 36.5. The van der Waals surface area contributed by atoms with E-state index in [1.54, 1.807) is 6.07 Å². The molecule has 10 heteroatoms. The number of halogens is 1. The molecule has 0 aliphatic heterocycles. The highest BCUT2D eigenvalue weighted by atomic mass is 35.5. The molecule has 320 valence electrons. The monoisotopic (exact) mass is 830 g/mol. The van der Waals surface area contributed by atoms with Crippen LogP contribution in [0.5, 0.6) is 40.2 Å². The molecule has 0 saturated heterocycles. The highest BCUT2D eigenvalue weighted by Crippen LogP contribution is 2.47. The molecule has 0 radical (unpaired) electrons. The Morgan fingerprint density at radius 1 is 0.407 bits per heavy atom. The van der Waals surface area contributed by atoms with Crippen LogP contribution in [0.25, 0.3) is 32.3 Å². The Kier molecular flexibility index (Phi) is 18.2. The molecule has 0 amide bonds. The Labute approximate surface area is 355 Å². The molecule has 0 heterocycles. The van der Waals surface area contributed by atoms with E-state index in [2.05, 4.69) is 71.0 Å². The minimum absolute atomic E-state index is 0.117. The van der Waals surface area contributed by atoms with Crippen molar-refractivity contribution in [3.8, 4) is 40.2 Å². The number of benzene rings is 5. The van der Waals surface area contributed by atoms with E-state index in [4.69, 9.17) is 44.8 Å². The lowest BCUT2D eigenvalue weighted by molar-refractivity contribution is 0.0696. The molecule has 0 unspecified atom stereocenters. The molecule has 0 saturated carbocycles. The van der Waals surface area contributed by atoms with Crippen LogP contribution in [0.3, 0.4) is 0 Å². The van der Waals surface area contributed by atoms with E-state index in [0.717, 1.165) is 120 Å². The zero-order valence-electron chi connectivity index (χ0n) is 35.7. The molecule has 5 aromatic rings. The van der Waals surface area contributed by atoms with Crippen molar-refractivity contribution in [1.29, 1.82) is 0 Å². The Morgan fingerprint density at radius 2 is 0.661 bits per heavy atom. The molecule has 1 N–H and O–H groups in total. The highest BCUT2D eigenvalue weighted by molar-refractivity contribution is 6.32. The quantitative estimate of drug-likeness (QED) is 0.0390. The average molecular weight is 831 g/mol. The summed E-state index contributed by atoms with van der Waals surface area (Å²) in [7, 11) is 0. The van der Waals surface area contributed by atoms with Crippen molar-refractivity contribution >= 4 is 49.9 Å². The number of ether oxygens (including phenoxy) is 7. The van der Waals surface area contributed by atoms with E-state index in [1.807, 2.05) is 0 Å². The predicted octanol–water partition coefficient (Wildman–Crippen LogP) is 13.6. The van der Waals surface area contributed by atoms with Gasteiger partial charge in [0.15, 0.2) is 34.5 Å². The molecule has 5 rings (SSSR count). The minimum Gasteiger partial charge on any atom is -0.492 e. The number of aromatic carboxylic acids is 1. The topological polar surface area (TPSA) is 102 Å². The maximum Gasteiger partial charge on any atom is 0.335 e. The number of hydrogen-bond donors (Lipinski definition) is 1. The van der Waals surface area contributed by atoms with E-state index >= 15 is 0 Å². The molecule has 5 aromatic carbocycles. The normalized spacial score (nSPS) is 11.3. The first-order valence-corrected chi connectivity index (χ1v) is 22.2. The van der Waals surface area contributed by atoms with E-state index in [1.165, 1.54) is 12.1 Å². The van der Waals surface area contributed by atoms with Gasteiger partial charge in [-0.15, -0.1) is 0 Å². The smallest absolute Gasteiger partial charge is 0.335 e. The van der Waals surface area contributed by atoms with Crippen LogP contribution in [0, 0.1) is 0 Å². The summed E-state index contributed by atoms with van der Waals surface area (Å²) in [5, 5.41) is 15.7. The van der Waals surface area contributed by atoms with Crippen LogP contribution >= 0.6 is 11.6 Å². The first kappa shape index (κ1) is 45.3. The summed E-state index contributed by atoms with van der Waals surface area (Å²) in [5.74, 6) is 3.70. The lowest BCUT2D eigenvalue weighted by Gasteiger charge is -2.20. The van der Waals surface area contributed by atoms with Crippen molar-refractivity contribution in [3.63, 3.8) is 0 Å². The fourth-order valence-electron chi connectivity index (χ4n) is 6.65. The Morgan fingerprint density at radius 3 is 0.898 bits per heavy atom. The average Bonchev–Trinajstić information content (AvgIpc) is 3.23. The SMILES string of the molecule is CCCCOc1cc2c3cc(OCCCC)c(OCCCC)cc3c3cc(OCCCCOc4ccc(C(=O)O)cc4Cl)c(OCCCC)cc3c2cc1OCCCC. The lowest BCUT2D eigenvalue weighted by Crippen LogP contribution is -2.06. The fraction of sp³-hybridized carbons (Fsp3) is 0.490. The summed E-state index contributed by atoms with van der Waals surface area (Å²) in [5.41, 5.74) is 0.117. The standard InChI is InChI=1S/C49H63ClO9/c1-6-11-20-54-43-28-35-36-29-44(55-21-12-7-2)46(57-23-14-9-4)31-38(36)40-33-48(59-26-17-16-25-53-42-19-18-34(49(51)52)27-41(42)50)47(58-24-15-10-5)32-39(40)37(35)30-45(43)56-22-13-8-3/h18-19,27-33H,6-17,20-26H2,1-5H3,(H,51,52). The first-order valence-electron chi connectivity index (χ1n) is 21.8. The van der Waals surface area contributed by atoms with Crippen molar-refractivity contribution in [2.45, 2.75) is 112 Å². The maximum absolute atomic E-state index is 11.3. The van der Waals surface area contributed by atoms with Crippen LogP contribution < -0.4 is 33.2 Å². The van der Waals surface area contributed by atoms with Gasteiger partial charge < -0.3 is 38.3 Å². The molecule has 59 heavy (non-hydrogen) atoms. The zero-order chi connectivity index (χ0) is 42.0. The van der Waals surface area contributed by atoms with Crippen molar-refractivity contribution in [2.24, 2.45) is 0 Å². The molecular formula is C49H63ClO9. The number of carboxylic acids is 1. The van der Waals surface area contributed by atoms with Crippen molar-refractivity contribution in [3.05, 3.63) is 65.2 Å². The second-order valence-corrected chi connectivity index (χ2v) is 15.3. The second kappa shape index (κ2) is 23.7. The van der Waals surface area contributed by atoms with Crippen LogP contribution in [0.1, 0.15) is 122 Å². The van der Waals surface area contributed by atoms with Gasteiger partial charge in [0.2, 0.25) is 0 Å². The third-order valence-corrected chi connectivity index (χ3v) is 10.4. The van der Waals surface area contributed by atoms with E-state index in [-0.39, 0.29) is 10.6 Å². The van der Waals surface area contributed by atoms with Crippen LogP contribution in [0.2, 0.25) is 5.02 Å².